The van der Waals surface area contributed by atoms with E-state index in [0.29, 0.717) is 34.9 Å². The standard InChI is InChI=1S/C24H30Cl2N2O3/c1-4-10-24(3,23(31)28-16(2)9-11-29)13-21(18-12-20(26)15-27-14-18)22(30)17-5-7-19(25)8-6-17/h4-8,12,14-16,21-22,29-30H,1,9-11,13H2,2-3H3,(H,28,31)/t16-,21+,22-,24-/m0/s1. The molecule has 0 aliphatic carbocycles. The Morgan fingerprint density at radius 2 is 1.90 bits per heavy atom. The van der Waals surface area contributed by atoms with Crippen molar-refractivity contribution in [2.24, 2.45) is 5.41 Å². The third-order valence-corrected chi connectivity index (χ3v) is 5.96. The van der Waals surface area contributed by atoms with Crippen LogP contribution in [0, 0.1) is 5.41 Å². The second-order valence-corrected chi connectivity index (χ2v) is 9.06. The van der Waals surface area contributed by atoms with Crippen LogP contribution in [-0.4, -0.2) is 33.8 Å². The van der Waals surface area contributed by atoms with Gasteiger partial charge in [0, 0.05) is 36.0 Å². The number of benzene rings is 1. The number of allylic oxidation sites excluding steroid dienone is 1. The topological polar surface area (TPSA) is 82.5 Å². The van der Waals surface area contributed by atoms with Gasteiger partial charge in [-0.05, 0) is 55.5 Å². The van der Waals surface area contributed by atoms with Crippen molar-refractivity contribution < 1.29 is 15.0 Å². The van der Waals surface area contributed by atoms with Crippen molar-refractivity contribution in [1.82, 2.24) is 10.3 Å². The molecule has 0 saturated heterocycles. The lowest BCUT2D eigenvalue weighted by atomic mass is 9.73. The summed E-state index contributed by atoms with van der Waals surface area (Å²) in [6.07, 6.45) is 5.22. The van der Waals surface area contributed by atoms with E-state index in [9.17, 15) is 9.90 Å². The van der Waals surface area contributed by atoms with Gasteiger partial charge >= 0.3 is 0 Å². The average Bonchev–Trinajstić information content (AvgIpc) is 2.72. The third kappa shape index (κ3) is 7.04. The summed E-state index contributed by atoms with van der Waals surface area (Å²) in [6.45, 7) is 7.52. The molecule has 0 bridgehead atoms. The van der Waals surface area contributed by atoms with E-state index < -0.39 is 17.4 Å². The number of amides is 1. The lowest BCUT2D eigenvalue weighted by Crippen LogP contribution is -2.44. The van der Waals surface area contributed by atoms with E-state index in [4.69, 9.17) is 28.3 Å². The summed E-state index contributed by atoms with van der Waals surface area (Å²) in [6, 6.07) is 8.57. The largest absolute Gasteiger partial charge is 0.396 e. The van der Waals surface area contributed by atoms with E-state index >= 15 is 0 Å². The first kappa shape index (κ1) is 25.3. The third-order valence-electron chi connectivity index (χ3n) is 5.50. The fraction of sp³-hybridized carbons (Fsp3) is 0.417. The summed E-state index contributed by atoms with van der Waals surface area (Å²) >= 11 is 12.2. The van der Waals surface area contributed by atoms with Gasteiger partial charge in [0.05, 0.1) is 16.5 Å². The maximum absolute atomic E-state index is 13.2. The molecule has 31 heavy (non-hydrogen) atoms. The minimum absolute atomic E-state index is 0.00823. The zero-order valence-electron chi connectivity index (χ0n) is 17.9. The molecule has 0 spiro atoms. The molecule has 0 fully saturated rings. The van der Waals surface area contributed by atoms with Crippen molar-refractivity contribution >= 4 is 29.1 Å². The molecule has 1 aromatic carbocycles. The summed E-state index contributed by atoms with van der Waals surface area (Å²) in [5.41, 5.74) is 0.581. The molecule has 168 valence electrons. The highest BCUT2D eigenvalue weighted by Gasteiger charge is 2.38. The number of hydrogen-bond acceptors (Lipinski definition) is 4. The molecule has 5 nitrogen and oxygen atoms in total. The van der Waals surface area contributed by atoms with Gasteiger partial charge in [0.25, 0.3) is 0 Å². The summed E-state index contributed by atoms with van der Waals surface area (Å²) < 4.78 is 0. The van der Waals surface area contributed by atoms with Gasteiger partial charge in [-0.25, -0.2) is 0 Å². The number of nitrogens with one attached hydrogen (secondary N) is 1. The van der Waals surface area contributed by atoms with Crippen LogP contribution in [0.3, 0.4) is 0 Å². The predicted octanol–water partition coefficient (Wildman–Crippen LogP) is 5.07. The van der Waals surface area contributed by atoms with Crippen LogP contribution in [0.4, 0.5) is 0 Å². The molecule has 0 aliphatic heterocycles. The molecule has 0 saturated carbocycles. The number of carbonyl (C=O) groups is 1. The van der Waals surface area contributed by atoms with E-state index in [1.807, 2.05) is 13.8 Å². The second-order valence-electron chi connectivity index (χ2n) is 8.18. The lowest BCUT2D eigenvalue weighted by Gasteiger charge is -2.35. The van der Waals surface area contributed by atoms with Gasteiger partial charge in [0.1, 0.15) is 0 Å². The van der Waals surface area contributed by atoms with Crippen LogP contribution in [-0.2, 0) is 4.79 Å². The smallest absolute Gasteiger partial charge is 0.226 e. The molecule has 2 rings (SSSR count). The number of halogens is 2. The highest BCUT2D eigenvalue weighted by molar-refractivity contribution is 6.30. The van der Waals surface area contributed by atoms with Crippen LogP contribution in [0.25, 0.3) is 0 Å². The summed E-state index contributed by atoms with van der Waals surface area (Å²) in [5.74, 6) is -0.604. The van der Waals surface area contributed by atoms with E-state index in [1.165, 1.54) is 6.20 Å². The molecule has 0 aliphatic rings. The van der Waals surface area contributed by atoms with Gasteiger partial charge in [-0.3, -0.25) is 9.78 Å². The van der Waals surface area contributed by atoms with Gasteiger partial charge in [-0.15, -0.1) is 6.58 Å². The van der Waals surface area contributed by atoms with E-state index in [2.05, 4.69) is 16.9 Å². The fourth-order valence-electron chi connectivity index (χ4n) is 3.67. The van der Waals surface area contributed by atoms with Gasteiger partial charge in [0.15, 0.2) is 0 Å². The van der Waals surface area contributed by atoms with Crippen molar-refractivity contribution in [3.8, 4) is 0 Å². The number of nitrogens with zero attached hydrogens (tertiary/aromatic N) is 1. The van der Waals surface area contributed by atoms with Crippen LogP contribution < -0.4 is 5.32 Å². The normalized spacial score (nSPS) is 16.1. The second kappa shape index (κ2) is 11.6. The summed E-state index contributed by atoms with van der Waals surface area (Å²) in [4.78, 5) is 17.4. The Labute approximate surface area is 194 Å². The summed E-state index contributed by atoms with van der Waals surface area (Å²) in [7, 11) is 0. The van der Waals surface area contributed by atoms with Crippen LogP contribution in [0.15, 0.2) is 55.4 Å². The highest BCUT2D eigenvalue weighted by atomic mass is 35.5. The van der Waals surface area contributed by atoms with Gasteiger partial charge in [-0.1, -0.05) is 48.3 Å². The van der Waals surface area contributed by atoms with Gasteiger partial charge < -0.3 is 15.5 Å². The zero-order valence-corrected chi connectivity index (χ0v) is 19.4. The molecular weight excluding hydrogens is 435 g/mol. The van der Waals surface area contributed by atoms with E-state index in [0.717, 1.165) is 5.56 Å². The highest BCUT2D eigenvalue weighted by Crippen LogP contribution is 2.42. The van der Waals surface area contributed by atoms with E-state index in [1.54, 1.807) is 42.6 Å². The van der Waals surface area contributed by atoms with Crippen molar-refractivity contribution in [2.75, 3.05) is 6.61 Å². The Morgan fingerprint density at radius 3 is 2.48 bits per heavy atom. The molecule has 1 amide bonds. The van der Waals surface area contributed by atoms with Crippen LogP contribution in [0.5, 0.6) is 0 Å². The number of aliphatic hydroxyl groups excluding tert-OH is 2. The van der Waals surface area contributed by atoms with Gasteiger partial charge in [0.2, 0.25) is 5.91 Å². The molecule has 1 aromatic heterocycles. The number of carbonyl (C=O) groups excluding carboxylic acids is 1. The molecule has 0 unspecified atom stereocenters. The van der Waals surface area contributed by atoms with Crippen LogP contribution in [0.1, 0.15) is 56.3 Å². The Bertz CT molecular complexity index is 875. The van der Waals surface area contributed by atoms with Crippen LogP contribution >= 0.6 is 23.2 Å². The number of pyridine rings is 1. The molecule has 7 heteroatoms. The number of aromatic nitrogens is 1. The Balaban J connectivity index is 2.42. The average molecular weight is 465 g/mol. The first-order valence-electron chi connectivity index (χ1n) is 10.3. The van der Waals surface area contributed by atoms with Crippen molar-refractivity contribution in [3.63, 3.8) is 0 Å². The molecule has 4 atom stereocenters. The first-order chi connectivity index (χ1) is 14.7. The number of hydrogen-bond donors (Lipinski definition) is 3. The van der Waals surface area contributed by atoms with Crippen LogP contribution in [0.2, 0.25) is 10.0 Å². The first-order valence-corrected chi connectivity index (χ1v) is 11.0. The number of aliphatic hydroxyl groups is 2. The maximum atomic E-state index is 13.2. The minimum Gasteiger partial charge on any atom is -0.396 e. The van der Waals surface area contributed by atoms with Crippen molar-refractivity contribution in [1.29, 1.82) is 0 Å². The fourth-order valence-corrected chi connectivity index (χ4v) is 3.98. The zero-order chi connectivity index (χ0) is 23.0. The maximum Gasteiger partial charge on any atom is 0.226 e. The molecule has 3 N–H and O–H groups in total. The van der Waals surface area contributed by atoms with E-state index in [-0.39, 0.29) is 18.6 Å². The molecule has 2 aromatic rings. The minimum atomic E-state index is -0.899. The number of rotatable bonds is 11. The summed E-state index contributed by atoms with van der Waals surface area (Å²) in [5, 5.41) is 24.5. The lowest BCUT2D eigenvalue weighted by molar-refractivity contribution is -0.131. The predicted molar refractivity (Wildman–Crippen MR) is 125 cm³/mol. The SMILES string of the molecule is C=CC[C@@](C)(C[C@H](c1cncc(Cl)c1)[C@@H](O)c1ccc(Cl)cc1)C(=O)N[C@@H](C)CCO. The quantitative estimate of drug-likeness (QED) is 0.405. The Morgan fingerprint density at radius 1 is 1.23 bits per heavy atom. The van der Waals surface area contributed by atoms with Crippen molar-refractivity contribution in [3.05, 3.63) is 76.6 Å². The van der Waals surface area contributed by atoms with Gasteiger partial charge in [-0.2, -0.15) is 0 Å². The van der Waals surface area contributed by atoms with Crippen molar-refractivity contribution in [2.45, 2.75) is 51.2 Å². The monoisotopic (exact) mass is 464 g/mol. The molecule has 1 heterocycles. The molecular formula is C24H30Cl2N2O3. The Kier molecular flexibility index (Phi) is 9.51. The molecule has 0 radical (unpaired) electrons. The Hall–Kier alpha value is -1.92.